The Labute approximate surface area is 122 Å². The van der Waals surface area contributed by atoms with Crippen LogP contribution in [0.2, 0.25) is 5.15 Å². The lowest BCUT2D eigenvalue weighted by Gasteiger charge is -2.13. The van der Waals surface area contributed by atoms with Gasteiger partial charge in [0.05, 0.1) is 12.7 Å². The number of hydrogen-bond donors (Lipinski definition) is 1. The van der Waals surface area contributed by atoms with Gasteiger partial charge in [-0.05, 0) is 26.8 Å². The smallest absolute Gasteiger partial charge is 0.131 e. The van der Waals surface area contributed by atoms with Crippen LogP contribution in [-0.2, 0) is 6.54 Å². The first kappa shape index (κ1) is 14.7. The average molecular weight is 298 g/mol. The Kier molecular flexibility index (Phi) is 4.54. The van der Waals surface area contributed by atoms with Crippen molar-refractivity contribution in [3.63, 3.8) is 0 Å². The van der Waals surface area contributed by atoms with Gasteiger partial charge in [0.2, 0.25) is 0 Å². The molecular formula is C13H17ClFN5. The monoisotopic (exact) mass is 297 g/mol. The number of halogens is 2. The maximum Gasteiger partial charge on any atom is 0.131 e. The van der Waals surface area contributed by atoms with E-state index in [2.05, 4.69) is 20.6 Å². The number of rotatable bonds is 5. The zero-order chi connectivity index (χ0) is 14.7. The van der Waals surface area contributed by atoms with Crippen molar-refractivity contribution in [3.05, 3.63) is 23.6 Å². The highest BCUT2D eigenvalue weighted by Gasteiger charge is 2.12. The van der Waals surface area contributed by atoms with E-state index in [1.54, 1.807) is 18.5 Å². The van der Waals surface area contributed by atoms with Gasteiger partial charge in [-0.3, -0.25) is 0 Å². The predicted molar refractivity (Wildman–Crippen MR) is 77.6 cm³/mol. The van der Waals surface area contributed by atoms with E-state index < -0.39 is 6.17 Å². The third kappa shape index (κ3) is 3.66. The Morgan fingerprint density at radius 3 is 2.80 bits per heavy atom. The van der Waals surface area contributed by atoms with Crippen LogP contribution in [0.1, 0.15) is 20.8 Å². The van der Waals surface area contributed by atoms with Crippen LogP contribution in [0.15, 0.2) is 18.5 Å². The molecule has 2 rings (SSSR count). The second-order valence-electron chi connectivity index (χ2n) is 4.96. The molecule has 0 spiro atoms. The fraction of sp³-hybridized carbons (Fsp3) is 0.462. The van der Waals surface area contributed by atoms with E-state index in [9.17, 15) is 4.39 Å². The van der Waals surface area contributed by atoms with Gasteiger partial charge in [-0.25, -0.2) is 14.1 Å². The van der Waals surface area contributed by atoms with Crippen LogP contribution >= 0.6 is 11.6 Å². The minimum atomic E-state index is -0.971. The maximum absolute atomic E-state index is 13.0. The quantitative estimate of drug-likeness (QED) is 0.861. The first-order valence-corrected chi connectivity index (χ1v) is 6.80. The number of anilines is 1. The van der Waals surface area contributed by atoms with Crippen molar-refractivity contribution in [1.82, 2.24) is 20.0 Å². The maximum atomic E-state index is 13.0. The highest BCUT2D eigenvalue weighted by molar-refractivity contribution is 6.29. The number of nitrogens with zero attached hydrogens (tertiary/aromatic N) is 4. The van der Waals surface area contributed by atoms with Crippen LogP contribution in [0.4, 0.5) is 10.1 Å². The summed E-state index contributed by atoms with van der Waals surface area (Å²) in [5, 5.41) is 11.7. The molecule has 0 fully saturated rings. The minimum Gasteiger partial charge on any atom is -0.382 e. The summed E-state index contributed by atoms with van der Waals surface area (Å²) in [4.78, 5) is 4.07. The molecule has 2 aromatic heterocycles. The molecule has 0 amide bonds. The number of alkyl halides is 1. The highest BCUT2D eigenvalue weighted by atomic mass is 35.5. The summed E-state index contributed by atoms with van der Waals surface area (Å²) >= 11 is 5.92. The molecule has 0 aliphatic heterocycles. The fourth-order valence-corrected chi connectivity index (χ4v) is 1.99. The van der Waals surface area contributed by atoms with E-state index in [0.29, 0.717) is 10.8 Å². The molecule has 0 radical (unpaired) electrons. The summed E-state index contributed by atoms with van der Waals surface area (Å²) in [6.45, 7) is 5.72. The third-order valence-electron chi connectivity index (χ3n) is 2.57. The molecular weight excluding hydrogens is 281 g/mol. The van der Waals surface area contributed by atoms with Crippen molar-refractivity contribution in [2.75, 3.05) is 5.32 Å². The molecule has 0 saturated heterocycles. The molecule has 108 valence electrons. The minimum absolute atomic E-state index is 0.182. The van der Waals surface area contributed by atoms with E-state index in [4.69, 9.17) is 11.6 Å². The second-order valence-corrected chi connectivity index (χ2v) is 5.35. The van der Waals surface area contributed by atoms with Crippen molar-refractivity contribution < 1.29 is 4.39 Å². The van der Waals surface area contributed by atoms with Gasteiger partial charge < -0.3 is 5.32 Å². The van der Waals surface area contributed by atoms with Crippen molar-refractivity contribution in [1.29, 1.82) is 0 Å². The first-order chi connectivity index (χ1) is 9.45. The number of nitrogens with one attached hydrogen (secondary N) is 1. The Balaban J connectivity index is 2.33. The second kappa shape index (κ2) is 6.17. The Morgan fingerprint density at radius 2 is 2.15 bits per heavy atom. The summed E-state index contributed by atoms with van der Waals surface area (Å²) in [5.41, 5.74) is 2.26. The normalized spacial score (nSPS) is 12.7. The van der Waals surface area contributed by atoms with E-state index >= 15 is 0 Å². The van der Waals surface area contributed by atoms with Crippen molar-refractivity contribution in [2.24, 2.45) is 0 Å². The molecule has 0 saturated carbocycles. The van der Waals surface area contributed by atoms with E-state index in [-0.39, 0.29) is 12.6 Å². The molecule has 20 heavy (non-hydrogen) atoms. The molecule has 0 aliphatic rings. The molecule has 5 nitrogen and oxygen atoms in total. The molecule has 1 atom stereocenters. The Bertz CT molecular complexity index is 582. The Hall–Kier alpha value is -1.69. The zero-order valence-electron chi connectivity index (χ0n) is 11.6. The van der Waals surface area contributed by atoms with Gasteiger partial charge >= 0.3 is 0 Å². The predicted octanol–water partition coefficient (Wildman–Crippen LogP) is 3.17. The molecule has 2 heterocycles. The van der Waals surface area contributed by atoms with Gasteiger partial charge in [-0.15, -0.1) is 5.10 Å². The molecule has 7 heteroatoms. The lowest BCUT2D eigenvalue weighted by Crippen LogP contribution is -2.10. The standard InChI is InChI=1S/C13H17ClFN5/c1-8(2)17-11-4-13(14)16-5-10(11)12-7-20(19-18-12)6-9(3)15/h4-5,7-9H,6H2,1-3H3,(H,16,17). The zero-order valence-corrected chi connectivity index (χ0v) is 12.4. The summed E-state index contributed by atoms with van der Waals surface area (Å²) in [7, 11) is 0. The van der Waals surface area contributed by atoms with Gasteiger partial charge in [0.15, 0.2) is 0 Å². The van der Waals surface area contributed by atoms with Crippen LogP contribution in [0, 0.1) is 0 Å². The summed E-state index contributed by atoms with van der Waals surface area (Å²) < 4.78 is 14.5. The van der Waals surface area contributed by atoms with E-state index in [1.807, 2.05) is 13.8 Å². The number of pyridine rings is 1. The molecule has 1 N–H and O–H groups in total. The largest absolute Gasteiger partial charge is 0.382 e. The molecule has 0 aromatic carbocycles. The van der Waals surface area contributed by atoms with Crippen LogP contribution in [0.25, 0.3) is 11.3 Å². The highest BCUT2D eigenvalue weighted by Crippen LogP contribution is 2.28. The van der Waals surface area contributed by atoms with E-state index in [1.165, 1.54) is 11.6 Å². The van der Waals surface area contributed by atoms with Crippen LogP contribution in [0.3, 0.4) is 0 Å². The molecule has 2 aromatic rings. The lowest BCUT2D eigenvalue weighted by molar-refractivity contribution is 0.306. The van der Waals surface area contributed by atoms with Crippen LogP contribution in [-0.4, -0.2) is 32.2 Å². The van der Waals surface area contributed by atoms with Gasteiger partial charge in [0.25, 0.3) is 0 Å². The molecule has 0 bridgehead atoms. The van der Waals surface area contributed by atoms with Crippen LogP contribution < -0.4 is 5.32 Å². The molecule has 1 unspecified atom stereocenters. The van der Waals surface area contributed by atoms with Gasteiger partial charge in [-0.1, -0.05) is 16.8 Å². The van der Waals surface area contributed by atoms with Crippen LogP contribution in [0.5, 0.6) is 0 Å². The van der Waals surface area contributed by atoms with Crippen molar-refractivity contribution in [2.45, 2.75) is 39.5 Å². The average Bonchev–Trinajstić information content (AvgIpc) is 2.75. The van der Waals surface area contributed by atoms with Crippen molar-refractivity contribution >= 4 is 17.3 Å². The summed E-state index contributed by atoms with van der Waals surface area (Å²) in [5.74, 6) is 0. The lowest BCUT2D eigenvalue weighted by atomic mass is 10.1. The fourth-order valence-electron chi connectivity index (χ4n) is 1.83. The topological polar surface area (TPSA) is 55.6 Å². The number of aromatic nitrogens is 4. The van der Waals surface area contributed by atoms with Gasteiger partial charge in [0, 0.05) is 23.5 Å². The first-order valence-electron chi connectivity index (χ1n) is 6.42. The van der Waals surface area contributed by atoms with Gasteiger partial charge in [-0.2, -0.15) is 0 Å². The SMILES string of the molecule is CC(F)Cn1cc(-c2cnc(Cl)cc2NC(C)C)nn1. The summed E-state index contributed by atoms with van der Waals surface area (Å²) in [6.07, 6.45) is 2.37. The molecule has 0 aliphatic carbocycles. The Morgan fingerprint density at radius 1 is 1.40 bits per heavy atom. The third-order valence-corrected chi connectivity index (χ3v) is 2.77. The van der Waals surface area contributed by atoms with Crippen molar-refractivity contribution in [3.8, 4) is 11.3 Å². The summed E-state index contributed by atoms with van der Waals surface area (Å²) in [6, 6.07) is 1.99. The van der Waals surface area contributed by atoms with E-state index in [0.717, 1.165) is 11.3 Å². The number of hydrogen-bond acceptors (Lipinski definition) is 4. The van der Waals surface area contributed by atoms with Gasteiger partial charge in [0.1, 0.15) is 17.0 Å².